The minimum Gasteiger partial charge on any atom is -0.508 e. The molecule has 0 radical (unpaired) electrons. The zero-order chi connectivity index (χ0) is 20.9. The summed E-state index contributed by atoms with van der Waals surface area (Å²) in [6.07, 6.45) is 0. The van der Waals surface area contributed by atoms with E-state index in [1.54, 1.807) is 19.2 Å². The van der Waals surface area contributed by atoms with Crippen molar-refractivity contribution in [2.45, 2.75) is 0 Å². The summed E-state index contributed by atoms with van der Waals surface area (Å²) >= 11 is 0. The van der Waals surface area contributed by atoms with Crippen LogP contribution in [0.3, 0.4) is 0 Å². The number of piperazine rings is 2. The molecule has 2 aliphatic rings. The van der Waals surface area contributed by atoms with E-state index in [2.05, 4.69) is 26.8 Å². The van der Waals surface area contributed by atoms with Crippen LogP contribution in [0.5, 0.6) is 11.5 Å². The number of phenols is 1. The van der Waals surface area contributed by atoms with Gasteiger partial charge >= 0.3 is 0 Å². The van der Waals surface area contributed by atoms with Gasteiger partial charge in [0.25, 0.3) is 0 Å². The van der Waals surface area contributed by atoms with Gasteiger partial charge in [-0.3, -0.25) is 9.69 Å². The van der Waals surface area contributed by atoms with Gasteiger partial charge in [0.2, 0.25) is 5.91 Å². The van der Waals surface area contributed by atoms with Crippen LogP contribution in [-0.2, 0) is 4.79 Å². The number of carbonyl (C=O) groups excluding carboxylic acids is 1. The highest BCUT2D eigenvalue weighted by Gasteiger charge is 2.25. The number of methoxy groups -OCH3 is 1. The highest BCUT2D eigenvalue weighted by Crippen LogP contribution is 2.21. The Bertz CT molecular complexity index is 825. The fraction of sp³-hybridized carbons (Fsp3) is 0.435. The number of hydrogen-bond donors (Lipinski definition) is 1. The molecule has 7 heteroatoms. The maximum Gasteiger partial charge on any atom is 0.236 e. The Morgan fingerprint density at radius 2 is 1.30 bits per heavy atom. The maximum atomic E-state index is 12.8. The maximum absolute atomic E-state index is 12.8. The van der Waals surface area contributed by atoms with Crippen LogP contribution in [0.2, 0.25) is 0 Å². The van der Waals surface area contributed by atoms with Crippen LogP contribution < -0.4 is 14.5 Å². The first kappa shape index (κ1) is 20.3. The third kappa shape index (κ3) is 4.79. The van der Waals surface area contributed by atoms with Crippen molar-refractivity contribution < 1.29 is 14.6 Å². The van der Waals surface area contributed by atoms with E-state index in [1.807, 2.05) is 29.2 Å². The van der Waals surface area contributed by atoms with Gasteiger partial charge in [-0.25, -0.2) is 0 Å². The molecule has 0 atom stereocenters. The molecule has 0 saturated carbocycles. The van der Waals surface area contributed by atoms with Gasteiger partial charge in [0.1, 0.15) is 11.5 Å². The first-order chi connectivity index (χ1) is 14.6. The third-order valence-electron chi connectivity index (χ3n) is 6.02. The smallest absolute Gasteiger partial charge is 0.236 e. The van der Waals surface area contributed by atoms with E-state index in [9.17, 15) is 9.90 Å². The molecule has 160 valence electrons. The summed E-state index contributed by atoms with van der Waals surface area (Å²) in [7, 11) is 1.67. The molecule has 0 bridgehead atoms. The second-order valence-corrected chi connectivity index (χ2v) is 7.85. The van der Waals surface area contributed by atoms with Crippen molar-refractivity contribution in [2.75, 3.05) is 75.8 Å². The number of anilines is 2. The molecule has 4 rings (SSSR count). The van der Waals surface area contributed by atoms with E-state index in [-0.39, 0.29) is 11.7 Å². The van der Waals surface area contributed by atoms with Crippen molar-refractivity contribution in [3.05, 3.63) is 48.5 Å². The number of ether oxygens (including phenoxy) is 1. The largest absolute Gasteiger partial charge is 0.508 e. The summed E-state index contributed by atoms with van der Waals surface area (Å²) in [5.41, 5.74) is 2.29. The van der Waals surface area contributed by atoms with Crippen LogP contribution in [-0.4, -0.2) is 86.8 Å². The quantitative estimate of drug-likeness (QED) is 0.812. The Morgan fingerprint density at radius 1 is 0.800 bits per heavy atom. The van der Waals surface area contributed by atoms with Crippen LogP contribution in [0.1, 0.15) is 0 Å². The molecule has 2 saturated heterocycles. The zero-order valence-corrected chi connectivity index (χ0v) is 17.5. The number of carbonyl (C=O) groups is 1. The van der Waals surface area contributed by atoms with Crippen molar-refractivity contribution >= 4 is 17.3 Å². The van der Waals surface area contributed by atoms with Crippen LogP contribution in [0, 0.1) is 0 Å². The van der Waals surface area contributed by atoms with Crippen LogP contribution in [0.4, 0.5) is 11.4 Å². The number of rotatable bonds is 5. The van der Waals surface area contributed by atoms with E-state index >= 15 is 0 Å². The molecule has 1 amide bonds. The number of phenolic OH excluding ortho intramolecular Hbond substituents is 1. The number of amides is 1. The van der Waals surface area contributed by atoms with Gasteiger partial charge < -0.3 is 24.5 Å². The van der Waals surface area contributed by atoms with E-state index in [0.717, 1.165) is 63.8 Å². The predicted octanol–water partition coefficient (Wildman–Crippen LogP) is 1.87. The molecule has 2 aromatic carbocycles. The molecular weight excluding hydrogens is 380 g/mol. The van der Waals surface area contributed by atoms with Crippen molar-refractivity contribution in [3.63, 3.8) is 0 Å². The van der Waals surface area contributed by atoms with Crippen molar-refractivity contribution in [1.82, 2.24) is 9.80 Å². The third-order valence-corrected chi connectivity index (χ3v) is 6.02. The van der Waals surface area contributed by atoms with Crippen LogP contribution >= 0.6 is 0 Å². The Labute approximate surface area is 178 Å². The van der Waals surface area contributed by atoms with E-state index < -0.39 is 0 Å². The topological polar surface area (TPSA) is 59.5 Å². The lowest BCUT2D eigenvalue weighted by atomic mass is 10.2. The number of aromatic hydroxyl groups is 1. The predicted molar refractivity (Wildman–Crippen MR) is 119 cm³/mol. The zero-order valence-electron chi connectivity index (χ0n) is 17.5. The van der Waals surface area contributed by atoms with Gasteiger partial charge in [0.15, 0.2) is 0 Å². The molecule has 0 aliphatic carbocycles. The van der Waals surface area contributed by atoms with Gasteiger partial charge in [-0.2, -0.15) is 0 Å². The molecule has 0 spiro atoms. The normalized spacial score (nSPS) is 17.8. The summed E-state index contributed by atoms with van der Waals surface area (Å²) in [6.45, 7) is 7.26. The Hall–Kier alpha value is -2.93. The van der Waals surface area contributed by atoms with Crippen LogP contribution in [0.25, 0.3) is 0 Å². The lowest BCUT2D eigenvalue weighted by Gasteiger charge is -2.39. The van der Waals surface area contributed by atoms with Crippen molar-refractivity contribution in [1.29, 1.82) is 0 Å². The SMILES string of the molecule is COc1ccc(N2CCN(C(=O)CN3CCN(c4ccc(O)cc4)CC3)CC2)cc1. The van der Waals surface area contributed by atoms with Gasteiger partial charge in [-0.05, 0) is 48.5 Å². The van der Waals surface area contributed by atoms with E-state index in [0.29, 0.717) is 6.54 Å². The first-order valence-corrected chi connectivity index (χ1v) is 10.6. The molecule has 2 heterocycles. The Balaban J connectivity index is 1.22. The standard InChI is InChI=1S/C23H30N4O3/c1-30-22-8-4-20(5-9-22)26-14-16-27(17-15-26)23(29)18-24-10-12-25(13-11-24)19-2-6-21(28)7-3-19/h2-9,28H,10-18H2,1H3. The lowest BCUT2D eigenvalue weighted by Crippen LogP contribution is -2.54. The summed E-state index contributed by atoms with van der Waals surface area (Å²) in [4.78, 5) is 21.6. The molecule has 2 aliphatic heterocycles. The van der Waals surface area contributed by atoms with E-state index in [1.165, 1.54) is 5.69 Å². The molecule has 2 aromatic rings. The second kappa shape index (κ2) is 9.26. The average Bonchev–Trinajstić information content (AvgIpc) is 2.80. The van der Waals surface area contributed by atoms with Gasteiger partial charge in [-0.15, -0.1) is 0 Å². The van der Waals surface area contributed by atoms with Gasteiger partial charge in [-0.1, -0.05) is 0 Å². The molecule has 0 unspecified atom stereocenters. The molecular formula is C23H30N4O3. The minimum atomic E-state index is 0.225. The summed E-state index contributed by atoms with van der Waals surface area (Å²) in [5, 5.41) is 9.45. The summed E-state index contributed by atoms with van der Waals surface area (Å²) in [6, 6.07) is 15.4. The van der Waals surface area contributed by atoms with Gasteiger partial charge in [0.05, 0.1) is 13.7 Å². The Morgan fingerprint density at radius 3 is 1.83 bits per heavy atom. The molecule has 7 nitrogen and oxygen atoms in total. The van der Waals surface area contributed by atoms with E-state index in [4.69, 9.17) is 4.74 Å². The minimum absolute atomic E-state index is 0.225. The van der Waals surface area contributed by atoms with Crippen molar-refractivity contribution in [3.8, 4) is 11.5 Å². The molecule has 30 heavy (non-hydrogen) atoms. The molecule has 1 N–H and O–H groups in total. The van der Waals surface area contributed by atoms with Gasteiger partial charge in [0, 0.05) is 63.7 Å². The summed E-state index contributed by atoms with van der Waals surface area (Å²) in [5.74, 6) is 1.37. The first-order valence-electron chi connectivity index (χ1n) is 10.6. The number of hydrogen-bond acceptors (Lipinski definition) is 6. The van der Waals surface area contributed by atoms with Crippen molar-refractivity contribution in [2.24, 2.45) is 0 Å². The molecule has 0 aromatic heterocycles. The Kier molecular flexibility index (Phi) is 6.28. The van der Waals surface area contributed by atoms with Crippen LogP contribution in [0.15, 0.2) is 48.5 Å². The highest BCUT2D eigenvalue weighted by atomic mass is 16.5. The highest BCUT2D eigenvalue weighted by molar-refractivity contribution is 5.78. The monoisotopic (exact) mass is 410 g/mol. The second-order valence-electron chi connectivity index (χ2n) is 7.85. The fourth-order valence-electron chi connectivity index (χ4n) is 4.13. The summed E-state index contributed by atoms with van der Waals surface area (Å²) < 4.78 is 5.22. The average molecular weight is 411 g/mol. The number of benzene rings is 2. The molecule has 2 fully saturated rings. The lowest BCUT2D eigenvalue weighted by molar-refractivity contribution is -0.132. The number of nitrogens with zero attached hydrogens (tertiary/aromatic N) is 4. The fourth-order valence-corrected chi connectivity index (χ4v) is 4.13.